The van der Waals surface area contributed by atoms with Gasteiger partial charge in [-0.15, -0.1) is 0 Å². The van der Waals surface area contributed by atoms with Crippen LogP contribution >= 0.6 is 0 Å². The number of Topliss-reactive ketones (excluding diaryl/α,β-unsaturated/α-hetero) is 1. The lowest BCUT2D eigenvalue weighted by Crippen LogP contribution is -2.24. The van der Waals surface area contributed by atoms with Gasteiger partial charge in [0.2, 0.25) is 0 Å². The van der Waals surface area contributed by atoms with Gasteiger partial charge in [0.1, 0.15) is 11.3 Å². The van der Waals surface area contributed by atoms with Crippen molar-refractivity contribution in [1.29, 1.82) is 0 Å². The Bertz CT molecular complexity index is 689. The fraction of sp³-hybridized carbons (Fsp3) is 0.250. The van der Waals surface area contributed by atoms with Gasteiger partial charge >= 0.3 is 5.97 Å². The Morgan fingerprint density at radius 3 is 2.90 bits per heavy atom. The van der Waals surface area contributed by atoms with Crippen LogP contribution in [0.4, 0.5) is 5.69 Å². The van der Waals surface area contributed by atoms with Gasteiger partial charge in [0.15, 0.2) is 5.78 Å². The van der Waals surface area contributed by atoms with Gasteiger partial charge in [0, 0.05) is 24.2 Å². The summed E-state index contributed by atoms with van der Waals surface area (Å²) in [6, 6.07) is 8.88. The summed E-state index contributed by atoms with van der Waals surface area (Å²) in [6.07, 6.45) is 2.64. The predicted molar refractivity (Wildman–Crippen MR) is 76.7 cm³/mol. The maximum absolute atomic E-state index is 12.1. The number of fused-ring (bicyclic) bond motifs is 1. The highest BCUT2D eigenvalue weighted by atomic mass is 16.4. The predicted octanol–water partition coefficient (Wildman–Crippen LogP) is 2.96. The summed E-state index contributed by atoms with van der Waals surface area (Å²) in [4.78, 5) is 25.2. The van der Waals surface area contributed by atoms with Crippen LogP contribution in [0.15, 0.2) is 41.0 Å². The second kappa shape index (κ2) is 5.44. The smallest absolute Gasteiger partial charge is 0.339 e. The molecule has 0 spiro atoms. The molecule has 0 atom stereocenters. The van der Waals surface area contributed by atoms with Crippen LogP contribution in [-0.4, -0.2) is 23.4 Å². The zero-order chi connectivity index (χ0) is 14.8. The third kappa shape index (κ3) is 2.54. The third-order valence-electron chi connectivity index (χ3n) is 3.69. The van der Waals surface area contributed by atoms with Crippen molar-refractivity contribution in [2.45, 2.75) is 19.4 Å². The minimum Gasteiger partial charge on any atom is -0.478 e. The Morgan fingerprint density at radius 2 is 2.10 bits per heavy atom. The number of para-hydroxylation sites is 1. The van der Waals surface area contributed by atoms with Gasteiger partial charge in [-0.3, -0.25) is 4.79 Å². The number of aromatic carboxylic acids is 1. The van der Waals surface area contributed by atoms with E-state index < -0.39 is 5.97 Å². The van der Waals surface area contributed by atoms with Crippen molar-refractivity contribution in [3.05, 3.63) is 53.5 Å². The number of ketones is 1. The van der Waals surface area contributed by atoms with E-state index in [-0.39, 0.29) is 11.3 Å². The summed E-state index contributed by atoms with van der Waals surface area (Å²) < 4.78 is 5.30. The van der Waals surface area contributed by atoms with Crippen LogP contribution in [0.2, 0.25) is 0 Å². The molecule has 0 bridgehead atoms. The van der Waals surface area contributed by atoms with E-state index in [1.165, 1.54) is 12.3 Å². The number of hydrogen-bond acceptors (Lipinski definition) is 4. The fourth-order valence-electron chi connectivity index (χ4n) is 2.66. The topological polar surface area (TPSA) is 70.8 Å². The van der Waals surface area contributed by atoms with Crippen molar-refractivity contribution in [3.8, 4) is 0 Å². The second-order valence-corrected chi connectivity index (χ2v) is 5.03. The molecule has 1 aromatic heterocycles. The maximum atomic E-state index is 12.1. The third-order valence-corrected chi connectivity index (χ3v) is 3.69. The number of carbonyl (C=O) groups excluding carboxylic acids is 1. The summed E-state index contributed by atoms with van der Waals surface area (Å²) in [5.74, 6) is -0.462. The average Bonchev–Trinajstić information content (AvgIpc) is 2.88. The van der Waals surface area contributed by atoms with E-state index >= 15 is 0 Å². The largest absolute Gasteiger partial charge is 0.478 e. The molecular weight excluding hydrogens is 270 g/mol. The van der Waals surface area contributed by atoms with E-state index in [9.17, 15) is 9.59 Å². The van der Waals surface area contributed by atoms with Crippen molar-refractivity contribution in [2.24, 2.45) is 0 Å². The fourth-order valence-corrected chi connectivity index (χ4v) is 2.66. The van der Waals surface area contributed by atoms with E-state index in [1.54, 1.807) is 0 Å². The molecule has 0 aliphatic carbocycles. The van der Waals surface area contributed by atoms with Crippen LogP contribution in [0.3, 0.4) is 0 Å². The van der Waals surface area contributed by atoms with E-state index in [2.05, 4.69) is 0 Å². The van der Waals surface area contributed by atoms with Crippen molar-refractivity contribution in [3.63, 3.8) is 0 Å². The highest BCUT2D eigenvalue weighted by Crippen LogP contribution is 2.28. The Labute approximate surface area is 121 Å². The molecule has 0 radical (unpaired) electrons. The lowest BCUT2D eigenvalue weighted by Gasteiger charge is -2.23. The van der Waals surface area contributed by atoms with Crippen molar-refractivity contribution in [2.75, 3.05) is 11.4 Å². The van der Waals surface area contributed by atoms with Gasteiger partial charge in [-0.25, -0.2) is 4.79 Å². The van der Waals surface area contributed by atoms with Gasteiger partial charge in [-0.2, -0.15) is 0 Å². The summed E-state index contributed by atoms with van der Waals surface area (Å²) in [5.41, 5.74) is 1.70. The van der Waals surface area contributed by atoms with E-state index in [0.717, 1.165) is 12.1 Å². The highest BCUT2D eigenvalue weighted by Gasteiger charge is 2.23. The number of carboxylic acid groups (broad SMARTS) is 1. The molecule has 0 amide bonds. The first-order chi connectivity index (χ1) is 10.2. The molecule has 21 heavy (non-hydrogen) atoms. The standard InChI is InChI=1S/C16H15NO4/c18-14-6-3-8-17(13-5-2-1-4-11(13)14)10-15-12(16(19)20)7-9-21-15/h1-2,4-5,7,9H,3,6,8,10H2,(H,19,20). The molecule has 0 saturated carbocycles. The molecule has 1 aliphatic rings. The molecule has 5 nitrogen and oxygen atoms in total. The number of furan rings is 1. The van der Waals surface area contributed by atoms with Crippen molar-refractivity contribution >= 4 is 17.4 Å². The van der Waals surface area contributed by atoms with Gasteiger partial charge in [0.25, 0.3) is 0 Å². The van der Waals surface area contributed by atoms with Crippen LogP contribution < -0.4 is 4.90 Å². The Hall–Kier alpha value is -2.56. The molecule has 3 rings (SSSR count). The van der Waals surface area contributed by atoms with E-state index in [0.29, 0.717) is 30.8 Å². The normalized spacial score (nSPS) is 14.7. The Morgan fingerprint density at radius 1 is 1.29 bits per heavy atom. The zero-order valence-electron chi connectivity index (χ0n) is 11.4. The van der Waals surface area contributed by atoms with Gasteiger partial charge < -0.3 is 14.4 Å². The second-order valence-electron chi connectivity index (χ2n) is 5.03. The highest BCUT2D eigenvalue weighted by molar-refractivity contribution is 6.02. The SMILES string of the molecule is O=C1CCCN(Cc2occc2C(=O)O)c2ccccc21. The molecule has 1 aromatic carbocycles. The van der Waals surface area contributed by atoms with E-state index in [4.69, 9.17) is 9.52 Å². The molecule has 108 valence electrons. The maximum Gasteiger partial charge on any atom is 0.339 e. The van der Waals surface area contributed by atoms with Crippen LogP contribution in [0.1, 0.15) is 39.3 Å². The quantitative estimate of drug-likeness (QED) is 0.938. The summed E-state index contributed by atoms with van der Waals surface area (Å²) in [6.45, 7) is 1.04. The molecule has 1 aliphatic heterocycles. The van der Waals surface area contributed by atoms with Gasteiger partial charge in [-0.05, 0) is 24.6 Å². The van der Waals surface area contributed by atoms with Crippen molar-refractivity contribution in [1.82, 2.24) is 0 Å². The summed E-state index contributed by atoms with van der Waals surface area (Å²) >= 11 is 0. The molecule has 0 unspecified atom stereocenters. The summed E-state index contributed by atoms with van der Waals surface area (Å²) in [5, 5.41) is 9.14. The summed E-state index contributed by atoms with van der Waals surface area (Å²) in [7, 11) is 0. The first kappa shape index (κ1) is 13.4. The minimum absolute atomic E-state index is 0.131. The van der Waals surface area contributed by atoms with Crippen molar-refractivity contribution < 1.29 is 19.1 Å². The Kier molecular flexibility index (Phi) is 3.48. The van der Waals surface area contributed by atoms with Gasteiger partial charge in [0.05, 0.1) is 12.8 Å². The number of rotatable bonds is 3. The minimum atomic E-state index is -1.00. The van der Waals surface area contributed by atoms with Crippen LogP contribution in [0.5, 0.6) is 0 Å². The first-order valence-electron chi connectivity index (χ1n) is 6.83. The number of hydrogen-bond donors (Lipinski definition) is 1. The monoisotopic (exact) mass is 285 g/mol. The lowest BCUT2D eigenvalue weighted by molar-refractivity contribution is 0.0694. The first-order valence-corrected chi connectivity index (χ1v) is 6.83. The average molecular weight is 285 g/mol. The molecular formula is C16H15NO4. The van der Waals surface area contributed by atoms with Crippen LogP contribution in [-0.2, 0) is 6.54 Å². The number of nitrogens with zero attached hydrogens (tertiary/aromatic N) is 1. The molecule has 2 aromatic rings. The molecule has 5 heteroatoms. The number of carboxylic acids is 1. The van der Waals surface area contributed by atoms with Gasteiger partial charge in [-0.1, -0.05) is 12.1 Å². The number of benzene rings is 1. The molecule has 0 fully saturated rings. The van der Waals surface area contributed by atoms with Crippen LogP contribution in [0.25, 0.3) is 0 Å². The molecule has 0 saturated heterocycles. The van der Waals surface area contributed by atoms with Crippen LogP contribution in [0, 0.1) is 0 Å². The number of carbonyl (C=O) groups is 2. The molecule has 1 N–H and O–H groups in total. The number of anilines is 1. The Balaban J connectivity index is 1.95. The molecule has 2 heterocycles. The zero-order valence-corrected chi connectivity index (χ0v) is 11.4. The van der Waals surface area contributed by atoms with E-state index in [1.807, 2.05) is 29.2 Å². The lowest BCUT2D eigenvalue weighted by atomic mass is 10.1.